The molecule has 0 bridgehead atoms. The van der Waals surface area contributed by atoms with E-state index < -0.39 is 10.0 Å². The summed E-state index contributed by atoms with van der Waals surface area (Å²) in [4.78, 5) is 24.9. The molecule has 4 rings (SSSR count). The summed E-state index contributed by atoms with van der Waals surface area (Å²) in [5.74, 6) is -0.213. The summed E-state index contributed by atoms with van der Waals surface area (Å²) in [6.07, 6.45) is 4.16. The number of nitrogens with zero attached hydrogens (tertiary/aromatic N) is 4. The van der Waals surface area contributed by atoms with E-state index in [2.05, 4.69) is 25.0 Å². The number of rotatable bonds is 4. The number of carbonyl (C=O) groups is 1. The van der Waals surface area contributed by atoms with Crippen LogP contribution in [0.1, 0.15) is 6.92 Å². The van der Waals surface area contributed by atoms with E-state index in [0.717, 1.165) is 6.26 Å². The van der Waals surface area contributed by atoms with Gasteiger partial charge in [-0.1, -0.05) is 22.9 Å². The zero-order valence-electron chi connectivity index (χ0n) is 14.6. The summed E-state index contributed by atoms with van der Waals surface area (Å²) < 4.78 is 27.4. The number of imidazole rings is 1. The molecule has 0 fully saturated rings. The number of thiazole rings is 1. The molecule has 0 aliphatic heterocycles. The molecule has 4 aromatic heterocycles. The van der Waals surface area contributed by atoms with Crippen LogP contribution in [-0.4, -0.2) is 39.9 Å². The third-order valence-electron chi connectivity index (χ3n) is 3.75. The summed E-state index contributed by atoms with van der Waals surface area (Å²) in [6, 6.07) is 5.16. The highest BCUT2D eigenvalue weighted by Gasteiger charge is 2.17. The van der Waals surface area contributed by atoms with Crippen LogP contribution in [0.2, 0.25) is 5.15 Å². The molecule has 0 saturated carbocycles. The zero-order chi connectivity index (χ0) is 20.1. The third-order valence-corrected chi connectivity index (χ3v) is 5.60. The van der Waals surface area contributed by atoms with Gasteiger partial charge in [0.15, 0.2) is 5.13 Å². The first-order valence-electron chi connectivity index (χ1n) is 7.89. The number of hydrogen-bond donors (Lipinski definition) is 2. The first kappa shape index (κ1) is 18.6. The van der Waals surface area contributed by atoms with E-state index in [9.17, 15) is 13.2 Å². The van der Waals surface area contributed by atoms with Gasteiger partial charge in [-0.3, -0.25) is 13.9 Å². The average Bonchev–Trinajstić information content (AvgIpc) is 3.21. The summed E-state index contributed by atoms with van der Waals surface area (Å²) in [5.41, 5.74) is 2.76. The number of halogens is 1. The molecular weight excluding hydrogens is 424 g/mol. The Morgan fingerprint density at radius 1 is 1.29 bits per heavy atom. The molecule has 0 aliphatic carbocycles. The number of aromatic nitrogens is 4. The van der Waals surface area contributed by atoms with E-state index in [0.29, 0.717) is 32.3 Å². The monoisotopic (exact) mass is 436 g/mol. The molecule has 2 N–H and O–H groups in total. The van der Waals surface area contributed by atoms with Crippen LogP contribution in [0.5, 0.6) is 0 Å². The first-order valence-corrected chi connectivity index (χ1v) is 11.0. The maximum absolute atomic E-state index is 11.7. The van der Waals surface area contributed by atoms with Gasteiger partial charge in [-0.15, -0.1) is 0 Å². The van der Waals surface area contributed by atoms with Crippen LogP contribution in [0.4, 0.5) is 10.8 Å². The SMILES string of the molecule is CC(=O)Nc1nc2ccc(-c3cc(NS(C)(=O)=O)c(Cl)n4cncc34)nc2s1. The van der Waals surface area contributed by atoms with E-state index in [1.54, 1.807) is 28.8 Å². The van der Waals surface area contributed by atoms with Crippen molar-refractivity contribution in [2.75, 3.05) is 16.3 Å². The quantitative estimate of drug-likeness (QED) is 0.475. The molecule has 144 valence electrons. The van der Waals surface area contributed by atoms with Crippen molar-refractivity contribution in [2.45, 2.75) is 6.92 Å². The largest absolute Gasteiger partial charge is 0.302 e. The number of pyridine rings is 2. The van der Waals surface area contributed by atoms with Crippen molar-refractivity contribution in [3.63, 3.8) is 0 Å². The maximum atomic E-state index is 11.7. The Bertz CT molecular complexity index is 1350. The number of amides is 1. The fourth-order valence-corrected chi connectivity index (χ4v) is 4.44. The number of hydrogen-bond acceptors (Lipinski definition) is 7. The van der Waals surface area contributed by atoms with Crippen molar-refractivity contribution in [1.82, 2.24) is 19.4 Å². The number of anilines is 2. The van der Waals surface area contributed by atoms with Crippen LogP contribution in [0, 0.1) is 0 Å². The Labute approximate surface area is 168 Å². The highest BCUT2D eigenvalue weighted by atomic mass is 35.5. The van der Waals surface area contributed by atoms with Gasteiger partial charge in [0.2, 0.25) is 15.9 Å². The average molecular weight is 437 g/mol. The van der Waals surface area contributed by atoms with Crippen LogP contribution >= 0.6 is 22.9 Å². The lowest BCUT2D eigenvalue weighted by Crippen LogP contribution is -2.11. The van der Waals surface area contributed by atoms with Crippen molar-refractivity contribution in [3.05, 3.63) is 35.9 Å². The normalized spacial score (nSPS) is 11.8. The topological polar surface area (TPSA) is 118 Å². The van der Waals surface area contributed by atoms with Gasteiger partial charge in [0.05, 0.1) is 29.4 Å². The van der Waals surface area contributed by atoms with E-state index >= 15 is 0 Å². The standard InChI is InChI=1S/C16H13ClN6O3S2/c1-8(24)19-16-21-11-4-3-10(20-15(11)27-16)9-5-12(22-28(2,25)26)14(17)23-7-18-6-13(9)23/h3-7,22H,1-2H3,(H,19,21,24). The Balaban J connectivity index is 1.89. The molecule has 0 aliphatic rings. The molecule has 0 atom stereocenters. The Kier molecular flexibility index (Phi) is 4.44. The van der Waals surface area contributed by atoms with Crippen molar-refractivity contribution in [2.24, 2.45) is 0 Å². The van der Waals surface area contributed by atoms with Crippen LogP contribution in [0.15, 0.2) is 30.7 Å². The molecule has 0 radical (unpaired) electrons. The highest BCUT2D eigenvalue weighted by Crippen LogP contribution is 2.34. The summed E-state index contributed by atoms with van der Waals surface area (Å²) >= 11 is 7.57. The molecular formula is C16H13ClN6O3S2. The molecule has 28 heavy (non-hydrogen) atoms. The number of carbonyl (C=O) groups excluding carboxylic acids is 1. The molecule has 12 heteroatoms. The van der Waals surface area contributed by atoms with Crippen LogP contribution < -0.4 is 10.0 Å². The molecule has 0 unspecified atom stereocenters. The lowest BCUT2D eigenvalue weighted by molar-refractivity contribution is -0.114. The predicted octanol–water partition coefficient (Wildman–Crippen LogP) is 2.99. The van der Waals surface area contributed by atoms with Crippen LogP contribution in [0.25, 0.3) is 27.1 Å². The van der Waals surface area contributed by atoms with Gasteiger partial charge < -0.3 is 5.32 Å². The smallest absolute Gasteiger partial charge is 0.229 e. The second-order valence-electron chi connectivity index (χ2n) is 6.01. The van der Waals surface area contributed by atoms with Crippen molar-refractivity contribution in [1.29, 1.82) is 0 Å². The van der Waals surface area contributed by atoms with E-state index in [-0.39, 0.29) is 16.7 Å². The Morgan fingerprint density at radius 3 is 2.79 bits per heavy atom. The van der Waals surface area contributed by atoms with Crippen LogP contribution in [0.3, 0.4) is 0 Å². The van der Waals surface area contributed by atoms with Gasteiger partial charge in [0.1, 0.15) is 21.8 Å². The van der Waals surface area contributed by atoms with Gasteiger partial charge in [0, 0.05) is 12.5 Å². The molecule has 4 aromatic rings. The fraction of sp³-hybridized carbons (Fsp3) is 0.125. The second kappa shape index (κ2) is 6.69. The predicted molar refractivity (Wildman–Crippen MR) is 109 cm³/mol. The molecule has 0 spiro atoms. The first-order chi connectivity index (χ1) is 13.2. The molecule has 0 aromatic carbocycles. The number of sulfonamides is 1. The van der Waals surface area contributed by atoms with E-state index in [4.69, 9.17) is 11.6 Å². The number of fused-ring (bicyclic) bond motifs is 2. The second-order valence-corrected chi connectivity index (χ2v) is 9.09. The van der Waals surface area contributed by atoms with Crippen molar-refractivity contribution >= 4 is 65.6 Å². The van der Waals surface area contributed by atoms with Gasteiger partial charge in [-0.05, 0) is 18.2 Å². The van der Waals surface area contributed by atoms with Gasteiger partial charge in [-0.2, -0.15) is 0 Å². The van der Waals surface area contributed by atoms with E-state index in [1.165, 1.54) is 24.6 Å². The highest BCUT2D eigenvalue weighted by molar-refractivity contribution is 7.92. The minimum Gasteiger partial charge on any atom is -0.302 e. The molecule has 9 nitrogen and oxygen atoms in total. The van der Waals surface area contributed by atoms with Crippen molar-refractivity contribution in [3.8, 4) is 11.3 Å². The van der Waals surface area contributed by atoms with Crippen LogP contribution in [-0.2, 0) is 14.8 Å². The molecule has 1 amide bonds. The van der Waals surface area contributed by atoms with Crippen molar-refractivity contribution < 1.29 is 13.2 Å². The van der Waals surface area contributed by atoms with Gasteiger partial charge in [0.25, 0.3) is 0 Å². The summed E-state index contributed by atoms with van der Waals surface area (Å²) in [7, 11) is -3.53. The summed E-state index contributed by atoms with van der Waals surface area (Å²) in [6.45, 7) is 1.41. The minimum absolute atomic E-state index is 0.188. The molecule has 0 saturated heterocycles. The Hall–Kier alpha value is -2.76. The molecule has 4 heterocycles. The lowest BCUT2D eigenvalue weighted by atomic mass is 10.1. The summed E-state index contributed by atoms with van der Waals surface area (Å²) in [5, 5.41) is 3.29. The third kappa shape index (κ3) is 3.51. The lowest BCUT2D eigenvalue weighted by Gasteiger charge is -2.12. The van der Waals surface area contributed by atoms with Gasteiger partial charge in [-0.25, -0.2) is 23.4 Å². The Morgan fingerprint density at radius 2 is 2.07 bits per heavy atom. The van der Waals surface area contributed by atoms with E-state index in [1.807, 2.05) is 0 Å². The fourth-order valence-electron chi connectivity index (χ4n) is 2.71. The number of nitrogens with one attached hydrogen (secondary N) is 2. The maximum Gasteiger partial charge on any atom is 0.229 e. The van der Waals surface area contributed by atoms with Gasteiger partial charge >= 0.3 is 0 Å². The minimum atomic E-state index is -3.53. The zero-order valence-corrected chi connectivity index (χ0v) is 17.0.